The Labute approximate surface area is 128 Å². The Morgan fingerprint density at radius 3 is 2.63 bits per heavy atom. The van der Waals surface area contributed by atoms with E-state index in [1.165, 1.54) is 0 Å². The number of halogens is 2. The third-order valence-electron chi connectivity index (χ3n) is 2.01. The number of hydrogen-bond donors (Lipinski definition) is 1. The Kier molecular flexibility index (Phi) is 13.9. The molecule has 0 saturated heterocycles. The van der Waals surface area contributed by atoms with Gasteiger partial charge in [0.1, 0.15) is 12.3 Å². The van der Waals surface area contributed by atoms with Gasteiger partial charge >= 0.3 is 33.3 Å². The van der Waals surface area contributed by atoms with Crippen LogP contribution in [-0.2, 0) is 22.6 Å². The second-order valence-corrected chi connectivity index (χ2v) is 4.96. The van der Waals surface area contributed by atoms with Crippen LogP contribution in [0.4, 0.5) is 0 Å². The van der Waals surface area contributed by atoms with E-state index in [1.54, 1.807) is 12.3 Å². The maximum atomic E-state index is 7.61. The van der Waals surface area contributed by atoms with Crippen LogP contribution in [0.1, 0.15) is 25.5 Å². The van der Waals surface area contributed by atoms with Gasteiger partial charge in [0.05, 0.1) is 6.61 Å². The molecule has 0 aliphatic carbocycles. The summed E-state index contributed by atoms with van der Waals surface area (Å²) in [6.07, 6.45) is 3.84. The van der Waals surface area contributed by atoms with Crippen LogP contribution >= 0.6 is 20.2 Å². The minimum atomic E-state index is 0.0969. The summed E-state index contributed by atoms with van der Waals surface area (Å²) < 4.78 is 10.5. The van der Waals surface area contributed by atoms with Crippen molar-refractivity contribution in [2.24, 2.45) is 0 Å². The van der Waals surface area contributed by atoms with Gasteiger partial charge in [0.25, 0.3) is 0 Å². The van der Waals surface area contributed by atoms with E-state index >= 15 is 0 Å². The molecule has 19 heavy (non-hydrogen) atoms. The number of pyridine rings is 1. The van der Waals surface area contributed by atoms with E-state index in [2.05, 4.69) is 32.1 Å². The molecule has 1 N–H and O–H groups in total. The molecule has 0 saturated carbocycles. The number of ether oxygens (including phenoxy) is 2. The van der Waals surface area contributed by atoms with Gasteiger partial charge in [-0.25, -0.2) is 0 Å². The quantitative estimate of drug-likeness (QED) is 0.351. The fourth-order valence-electron chi connectivity index (χ4n) is 1.12. The average Bonchev–Trinajstić information content (AvgIpc) is 2.44. The third kappa shape index (κ3) is 11.2. The Bertz CT molecular complexity index is 329. The van der Waals surface area contributed by atoms with Crippen LogP contribution in [0.2, 0.25) is 0 Å². The van der Waals surface area contributed by atoms with Gasteiger partial charge in [0.15, 0.2) is 0 Å². The summed E-state index contributed by atoms with van der Waals surface area (Å²) in [4.78, 5) is 4.02. The molecule has 1 heterocycles. The summed E-state index contributed by atoms with van der Waals surface area (Å²) in [5.74, 6) is 0.0969. The molecule has 0 atom stereocenters. The second kappa shape index (κ2) is 14.1. The predicted molar refractivity (Wildman–Crippen MR) is 74.5 cm³/mol. The van der Waals surface area contributed by atoms with E-state index in [-0.39, 0.29) is 5.90 Å². The molecule has 0 amide bonds. The molecule has 0 unspecified atom stereocenters. The van der Waals surface area contributed by atoms with Crippen molar-refractivity contribution in [3.63, 3.8) is 0 Å². The van der Waals surface area contributed by atoms with Gasteiger partial charge in [-0.2, -0.15) is 0 Å². The van der Waals surface area contributed by atoms with E-state index in [9.17, 15) is 0 Å². The number of hydrogen-bond acceptors (Lipinski definition) is 4. The molecule has 0 spiro atoms. The molecule has 0 bridgehead atoms. The number of rotatable bonds is 7. The molecule has 0 aliphatic rings. The summed E-state index contributed by atoms with van der Waals surface area (Å²) in [6.45, 7) is 3.81. The van der Waals surface area contributed by atoms with E-state index in [0.717, 1.165) is 32.6 Å². The van der Waals surface area contributed by atoms with Crippen LogP contribution < -0.4 is 0 Å². The van der Waals surface area contributed by atoms with Crippen molar-refractivity contribution in [2.75, 3.05) is 19.8 Å². The van der Waals surface area contributed by atoms with Gasteiger partial charge < -0.3 is 9.47 Å². The van der Waals surface area contributed by atoms with Gasteiger partial charge in [-0.3, -0.25) is 10.4 Å². The number of nitrogens with one attached hydrogen (secondary N) is 1. The Morgan fingerprint density at radius 1 is 1.32 bits per heavy atom. The van der Waals surface area contributed by atoms with Crippen LogP contribution in [0.3, 0.4) is 0 Å². The number of unbranched alkanes of at least 4 members (excludes halogenated alkanes) is 1. The minimum absolute atomic E-state index is 0.0969. The van der Waals surface area contributed by atoms with Gasteiger partial charge in [-0.05, 0) is 18.6 Å². The fraction of sp³-hybridized carbons (Fsp3) is 0.500. The van der Waals surface area contributed by atoms with Crippen LogP contribution in [-0.4, -0.2) is 30.7 Å². The summed E-state index contributed by atoms with van der Waals surface area (Å²) in [5, 5.41) is 7.61. The van der Waals surface area contributed by atoms with Crippen LogP contribution in [0.5, 0.6) is 0 Å². The molecule has 113 valence electrons. The van der Waals surface area contributed by atoms with E-state index < -0.39 is 0 Å². The average molecular weight is 357 g/mol. The third-order valence-corrected chi connectivity index (χ3v) is 2.01. The number of nitrogens with zero attached hydrogens (tertiary/aromatic N) is 1. The maximum absolute atomic E-state index is 7.61. The molecule has 0 aromatic carbocycles. The van der Waals surface area contributed by atoms with Crippen molar-refractivity contribution in [1.29, 1.82) is 5.41 Å². The summed E-state index contributed by atoms with van der Waals surface area (Å²) in [7, 11) is 9.34. The second-order valence-electron chi connectivity index (χ2n) is 3.40. The summed E-state index contributed by atoms with van der Waals surface area (Å²) >= 11 is 0.757. The van der Waals surface area contributed by atoms with Crippen LogP contribution in [0.15, 0.2) is 24.4 Å². The predicted octanol–water partition coefficient (Wildman–Crippen LogP) is 3.62. The first kappa shape index (κ1) is 18.7. The standard InChI is InChI=1S/C12H18N2O2.2ClH.Cu/c1-2-3-8-15-9-10-16-12(13)11-6-4-5-7-14-11;;;/h4-7,13H,2-3,8-10H2,1H3;2*1H;/q;;;+2/p-2. The van der Waals surface area contributed by atoms with Gasteiger partial charge in [-0.1, -0.05) is 19.4 Å². The van der Waals surface area contributed by atoms with Crippen molar-refractivity contribution in [3.05, 3.63) is 30.1 Å². The zero-order valence-corrected chi connectivity index (χ0v) is 13.1. The van der Waals surface area contributed by atoms with Crippen LogP contribution in [0, 0.1) is 5.41 Å². The molecule has 1 aromatic rings. The van der Waals surface area contributed by atoms with Crippen LogP contribution in [0.25, 0.3) is 0 Å². The Morgan fingerprint density at radius 2 is 2.05 bits per heavy atom. The van der Waals surface area contributed by atoms with Crippen molar-refractivity contribution in [3.8, 4) is 0 Å². The SMILES string of the molecule is CCCCOCCOC(=N)c1ccccn1.[Cl][Cu][Cl]. The molecule has 1 rings (SSSR count). The zero-order valence-electron chi connectivity index (χ0n) is 10.7. The number of aromatic nitrogens is 1. The first-order chi connectivity index (χ1) is 9.26. The molecular weight excluding hydrogens is 339 g/mol. The topological polar surface area (TPSA) is 55.2 Å². The normalized spacial score (nSPS) is 9.63. The molecule has 0 fully saturated rings. The molecule has 7 heteroatoms. The first-order valence-corrected chi connectivity index (χ1v) is 8.37. The van der Waals surface area contributed by atoms with Crippen molar-refractivity contribution < 1.29 is 22.6 Å². The van der Waals surface area contributed by atoms with E-state index in [4.69, 9.17) is 14.9 Å². The summed E-state index contributed by atoms with van der Waals surface area (Å²) in [6, 6.07) is 5.39. The molecule has 4 nitrogen and oxygen atoms in total. The van der Waals surface area contributed by atoms with Crippen molar-refractivity contribution in [1.82, 2.24) is 4.98 Å². The molecule has 0 radical (unpaired) electrons. The molecule has 1 aromatic heterocycles. The summed E-state index contributed by atoms with van der Waals surface area (Å²) in [5.41, 5.74) is 0.552. The monoisotopic (exact) mass is 355 g/mol. The fourth-order valence-corrected chi connectivity index (χ4v) is 1.12. The molecular formula is C12H18Cl2CuN2O2. The first-order valence-electron chi connectivity index (χ1n) is 5.78. The van der Waals surface area contributed by atoms with E-state index in [0.29, 0.717) is 18.9 Å². The Hall–Kier alpha value is -0.321. The van der Waals surface area contributed by atoms with Gasteiger partial charge in [0, 0.05) is 12.8 Å². The Balaban J connectivity index is 0.000000982. The zero-order chi connectivity index (χ0) is 14.3. The van der Waals surface area contributed by atoms with E-state index in [1.807, 2.05) is 12.1 Å². The van der Waals surface area contributed by atoms with Gasteiger partial charge in [-0.15, -0.1) is 0 Å². The molecule has 0 aliphatic heterocycles. The van der Waals surface area contributed by atoms with Crippen molar-refractivity contribution in [2.45, 2.75) is 19.8 Å². The van der Waals surface area contributed by atoms with Gasteiger partial charge in [0.2, 0.25) is 5.90 Å². The van der Waals surface area contributed by atoms with Crippen molar-refractivity contribution >= 4 is 26.1 Å².